The van der Waals surface area contributed by atoms with Crippen LogP contribution in [-0.2, 0) is 7.05 Å². The third-order valence-electron chi connectivity index (χ3n) is 7.51. The Bertz CT molecular complexity index is 1690. The van der Waals surface area contributed by atoms with Gasteiger partial charge in [-0.1, -0.05) is 0 Å². The number of aromatic nitrogens is 4. The van der Waals surface area contributed by atoms with E-state index in [1.165, 1.54) is 36.4 Å². The van der Waals surface area contributed by atoms with Crippen LogP contribution >= 0.6 is 0 Å². The summed E-state index contributed by atoms with van der Waals surface area (Å²) in [5.74, 6) is 0.593. The van der Waals surface area contributed by atoms with Gasteiger partial charge in [0, 0.05) is 31.7 Å². The Balaban J connectivity index is 1.59. The topological polar surface area (TPSA) is 118 Å². The molecule has 1 atom stereocenters. The third kappa shape index (κ3) is 5.05. The number of carboxylic acid groups (broad SMARTS) is 1. The molecule has 41 heavy (non-hydrogen) atoms. The van der Waals surface area contributed by atoms with E-state index in [2.05, 4.69) is 15.3 Å². The highest BCUT2D eigenvalue weighted by Gasteiger charge is 2.38. The maximum Gasteiger partial charge on any atom is 0.408 e. The molecule has 1 fully saturated rings. The largest absolute Gasteiger partial charge is 0.494 e. The number of nitrogens with zero attached hydrogens (tertiary/aromatic N) is 6. The number of halogens is 1. The van der Waals surface area contributed by atoms with Crippen LogP contribution in [0.15, 0.2) is 47.4 Å². The summed E-state index contributed by atoms with van der Waals surface area (Å²) in [6.45, 7) is 8.66. The summed E-state index contributed by atoms with van der Waals surface area (Å²) in [4.78, 5) is 34.3. The lowest BCUT2D eigenvalue weighted by Crippen LogP contribution is -2.52. The number of nitrogens with one attached hydrogen (secondary N) is 1. The van der Waals surface area contributed by atoms with Crippen LogP contribution in [0.1, 0.15) is 33.0 Å². The minimum atomic E-state index is -0.959. The molecule has 0 saturated carbocycles. The summed E-state index contributed by atoms with van der Waals surface area (Å²) in [5, 5.41) is 17.4. The van der Waals surface area contributed by atoms with Gasteiger partial charge < -0.3 is 24.6 Å². The van der Waals surface area contributed by atoms with Gasteiger partial charge in [-0.3, -0.25) is 9.69 Å². The first-order valence-corrected chi connectivity index (χ1v) is 13.3. The van der Waals surface area contributed by atoms with Gasteiger partial charge in [0.25, 0.3) is 5.56 Å². The van der Waals surface area contributed by atoms with Crippen LogP contribution in [0.2, 0.25) is 0 Å². The van der Waals surface area contributed by atoms with E-state index in [9.17, 15) is 19.1 Å². The molecule has 1 amide bonds. The predicted octanol–water partition coefficient (Wildman–Crippen LogP) is 4.68. The summed E-state index contributed by atoms with van der Waals surface area (Å²) in [5.41, 5.74) is 2.40. The maximum atomic E-state index is 14.1. The predicted molar refractivity (Wildman–Crippen MR) is 155 cm³/mol. The molecule has 2 N–H and O–H groups in total. The fourth-order valence-corrected chi connectivity index (χ4v) is 5.58. The van der Waals surface area contributed by atoms with E-state index in [4.69, 9.17) is 9.72 Å². The van der Waals surface area contributed by atoms with Crippen molar-refractivity contribution < 1.29 is 19.0 Å². The highest BCUT2D eigenvalue weighted by molar-refractivity contribution is 5.98. The van der Waals surface area contributed by atoms with Crippen molar-refractivity contribution in [2.75, 3.05) is 30.4 Å². The second-order valence-electron chi connectivity index (χ2n) is 11.2. The van der Waals surface area contributed by atoms with Gasteiger partial charge in [0.2, 0.25) is 0 Å². The monoisotopic (exact) mass is 563 g/mol. The molecule has 11 nitrogen and oxygen atoms in total. The lowest BCUT2D eigenvalue weighted by molar-refractivity contribution is 0.0763. The van der Waals surface area contributed by atoms with E-state index < -0.39 is 23.0 Å². The lowest BCUT2D eigenvalue weighted by atomic mass is 10.0. The van der Waals surface area contributed by atoms with Crippen molar-refractivity contribution >= 4 is 34.2 Å². The first kappa shape index (κ1) is 27.9. The van der Waals surface area contributed by atoms with E-state index in [1.807, 2.05) is 51.4 Å². The number of carbonyl (C=O) groups is 1. The molecular weight excluding hydrogens is 529 g/mol. The zero-order valence-corrected chi connectivity index (χ0v) is 24.0. The molecule has 4 aromatic rings. The summed E-state index contributed by atoms with van der Waals surface area (Å²) < 4.78 is 22.5. The summed E-state index contributed by atoms with van der Waals surface area (Å²) >= 11 is 0. The van der Waals surface area contributed by atoms with E-state index in [1.54, 1.807) is 6.07 Å². The molecule has 0 spiro atoms. The van der Waals surface area contributed by atoms with Gasteiger partial charge in [0.1, 0.15) is 34.3 Å². The Morgan fingerprint density at radius 1 is 1.20 bits per heavy atom. The maximum absolute atomic E-state index is 14.1. The average molecular weight is 564 g/mol. The molecular formula is C29H34FN7O4. The van der Waals surface area contributed by atoms with Crippen molar-refractivity contribution in [3.8, 4) is 11.4 Å². The Morgan fingerprint density at radius 2 is 1.95 bits per heavy atom. The first-order valence-electron chi connectivity index (χ1n) is 13.3. The number of anilines is 3. The molecule has 1 aliphatic rings. The van der Waals surface area contributed by atoms with E-state index in [-0.39, 0.29) is 17.4 Å². The van der Waals surface area contributed by atoms with Crippen molar-refractivity contribution in [2.24, 2.45) is 7.05 Å². The zero-order valence-electron chi connectivity index (χ0n) is 24.0. The summed E-state index contributed by atoms with van der Waals surface area (Å²) in [7, 11) is 3.38. The SMILES string of the molecule is COc1ccc(F)cc1-n1nccc(Nc2ccc3c(nc(C)n3C)c2N2CC[C@H](N(C(=O)O)C(C)(C)C)C2)c1=O. The molecule has 1 saturated heterocycles. The molecule has 0 aliphatic carbocycles. The van der Waals surface area contributed by atoms with Crippen LogP contribution < -0.4 is 20.5 Å². The number of amides is 1. The molecule has 5 rings (SSSR count). The lowest BCUT2D eigenvalue weighted by Gasteiger charge is -2.38. The number of methoxy groups -OCH3 is 1. The average Bonchev–Trinajstić information content (AvgIpc) is 3.48. The summed E-state index contributed by atoms with van der Waals surface area (Å²) in [6.07, 6.45) is 1.14. The normalized spacial score (nSPS) is 15.4. The number of imidazole rings is 1. The van der Waals surface area contributed by atoms with Crippen LogP contribution in [0, 0.1) is 12.7 Å². The van der Waals surface area contributed by atoms with Crippen molar-refractivity contribution in [3.05, 3.63) is 64.6 Å². The highest BCUT2D eigenvalue weighted by atomic mass is 19.1. The van der Waals surface area contributed by atoms with Crippen molar-refractivity contribution in [3.63, 3.8) is 0 Å². The van der Waals surface area contributed by atoms with Gasteiger partial charge in [0.05, 0.1) is 36.2 Å². The van der Waals surface area contributed by atoms with Crippen molar-refractivity contribution in [2.45, 2.75) is 45.7 Å². The number of hydrogen-bond donors (Lipinski definition) is 2. The smallest absolute Gasteiger partial charge is 0.408 e. The Kier molecular flexibility index (Phi) is 7.10. The minimum absolute atomic E-state index is 0.176. The number of ether oxygens (including phenoxy) is 1. The quantitative estimate of drug-likeness (QED) is 0.347. The van der Waals surface area contributed by atoms with E-state index >= 15 is 0 Å². The fraction of sp³-hybridized carbons (Fsp3) is 0.379. The number of fused-ring (bicyclic) bond motifs is 1. The van der Waals surface area contributed by atoms with Gasteiger partial charge >= 0.3 is 6.09 Å². The Morgan fingerprint density at radius 3 is 2.63 bits per heavy atom. The van der Waals surface area contributed by atoms with Crippen molar-refractivity contribution in [1.82, 2.24) is 24.2 Å². The molecule has 216 valence electrons. The van der Waals surface area contributed by atoms with Gasteiger partial charge in [0.15, 0.2) is 0 Å². The van der Waals surface area contributed by atoms with E-state index in [0.717, 1.165) is 27.2 Å². The highest BCUT2D eigenvalue weighted by Crippen LogP contribution is 2.39. The van der Waals surface area contributed by atoms with E-state index in [0.29, 0.717) is 30.9 Å². The first-order chi connectivity index (χ1) is 19.4. The Labute approximate surface area is 236 Å². The molecule has 0 bridgehead atoms. The standard InChI is InChI=1S/C29H34FN7O4/c1-17-32-25-22(34(17)5)9-8-20(26(25)35-14-12-19(16-35)36(28(39)40)29(2,3)4)33-21-11-13-31-37(27(21)38)23-15-18(30)7-10-24(23)41-6/h7-11,13,15,19,33H,12,14,16H2,1-6H3,(H,39,40)/t19-/m0/s1. The molecule has 1 aliphatic heterocycles. The van der Waals surface area contributed by atoms with Crippen LogP contribution in [0.25, 0.3) is 16.7 Å². The van der Waals surface area contributed by atoms with Crippen LogP contribution in [-0.4, -0.2) is 67.2 Å². The zero-order chi connectivity index (χ0) is 29.6. The second kappa shape index (κ2) is 10.4. The van der Waals surface area contributed by atoms with Crippen LogP contribution in [0.5, 0.6) is 5.75 Å². The number of aryl methyl sites for hydroxylation is 2. The van der Waals surface area contributed by atoms with Gasteiger partial charge in [-0.25, -0.2) is 14.2 Å². The van der Waals surface area contributed by atoms with Gasteiger partial charge in [-0.2, -0.15) is 9.78 Å². The molecule has 3 heterocycles. The molecule has 0 unspecified atom stereocenters. The molecule has 2 aromatic carbocycles. The van der Waals surface area contributed by atoms with Gasteiger partial charge in [-0.15, -0.1) is 0 Å². The minimum Gasteiger partial charge on any atom is -0.494 e. The molecule has 0 radical (unpaired) electrons. The summed E-state index contributed by atoms with van der Waals surface area (Å²) in [6, 6.07) is 9.04. The number of benzene rings is 2. The van der Waals surface area contributed by atoms with Crippen LogP contribution in [0.3, 0.4) is 0 Å². The molecule has 2 aromatic heterocycles. The molecule has 12 heteroatoms. The second-order valence-corrected chi connectivity index (χ2v) is 11.2. The Hall–Kier alpha value is -4.61. The number of hydrogen-bond acceptors (Lipinski definition) is 7. The van der Waals surface area contributed by atoms with Gasteiger partial charge in [-0.05, 0) is 64.4 Å². The number of rotatable bonds is 6. The van der Waals surface area contributed by atoms with Crippen molar-refractivity contribution in [1.29, 1.82) is 0 Å². The third-order valence-corrected chi connectivity index (χ3v) is 7.51. The fourth-order valence-electron chi connectivity index (χ4n) is 5.58. The van der Waals surface area contributed by atoms with Crippen LogP contribution in [0.4, 0.5) is 26.2 Å².